The minimum Gasteiger partial charge on any atom is -0.396 e. The number of nitrogens with one attached hydrogen (secondary N) is 2. The third-order valence-corrected chi connectivity index (χ3v) is 9.17. The standard InChI is InChI=1S/C24H34N6O2S2/c1-14-19(22-29-20-15(2)25-9-8-18(20)33-22)21(28-17-7-6-16(12-17)13-31)30-23(27-14)26-10-11-34(32)24(3,4)5/h8-9,16-17,31H,6-7,10-13H2,1-5H3,(H2,26,27,28,30). The minimum atomic E-state index is -0.948. The van der Waals surface area contributed by atoms with E-state index in [1.807, 2.05) is 46.9 Å². The highest BCUT2D eigenvalue weighted by molar-refractivity contribution is 7.86. The Bertz CT molecular complexity index is 1190. The van der Waals surface area contributed by atoms with Gasteiger partial charge in [0.05, 0.1) is 21.7 Å². The van der Waals surface area contributed by atoms with Crippen LogP contribution in [0.1, 0.15) is 51.4 Å². The van der Waals surface area contributed by atoms with E-state index in [0.717, 1.165) is 57.3 Å². The predicted molar refractivity (Wildman–Crippen MR) is 141 cm³/mol. The molecule has 10 heteroatoms. The highest BCUT2D eigenvalue weighted by Crippen LogP contribution is 2.38. The van der Waals surface area contributed by atoms with Gasteiger partial charge in [-0.1, -0.05) is 0 Å². The number of rotatable bonds is 8. The monoisotopic (exact) mass is 502 g/mol. The van der Waals surface area contributed by atoms with Crippen LogP contribution < -0.4 is 10.6 Å². The molecule has 1 aliphatic rings. The van der Waals surface area contributed by atoms with E-state index in [-0.39, 0.29) is 17.4 Å². The summed E-state index contributed by atoms with van der Waals surface area (Å²) >= 11 is 1.61. The van der Waals surface area contributed by atoms with Gasteiger partial charge in [-0.25, -0.2) is 9.97 Å². The summed E-state index contributed by atoms with van der Waals surface area (Å²) in [4.78, 5) is 18.8. The summed E-state index contributed by atoms with van der Waals surface area (Å²) in [6, 6.07) is 2.23. The average molecular weight is 503 g/mol. The van der Waals surface area contributed by atoms with E-state index >= 15 is 0 Å². The Balaban J connectivity index is 1.65. The van der Waals surface area contributed by atoms with Crippen molar-refractivity contribution in [1.82, 2.24) is 19.9 Å². The van der Waals surface area contributed by atoms with Crippen LogP contribution in [0.2, 0.25) is 0 Å². The third kappa shape index (κ3) is 5.55. The van der Waals surface area contributed by atoms with E-state index in [9.17, 15) is 9.32 Å². The number of thiazole rings is 1. The molecule has 1 aliphatic carbocycles. The second-order valence-electron chi connectivity index (χ2n) is 9.91. The Morgan fingerprint density at radius 2 is 1.97 bits per heavy atom. The Kier molecular flexibility index (Phi) is 7.49. The molecule has 8 nitrogen and oxygen atoms in total. The van der Waals surface area contributed by atoms with Crippen LogP contribution in [0.4, 0.5) is 11.8 Å². The summed E-state index contributed by atoms with van der Waals surface area (Å²) in [5.74, 6) is 2.12. The van der Waals surface area contributed by atoms with E-state index in [4.69, 9.17) is 15.0 Å². The van der Waals surface area contributed by atoms with Crippen molar-refractivity contribution in [2.75, 3.05) is 29.5 Å². The number of aromatic nitrogens is 4. The Labute approximate surface area is 207 Å². The van der Waals surface area contributed by atoms with Crippen LogP contribution in [0.25, 0.3) is 20.8 Å². The Morgan fingerprint density at radius 3 is 2.65 bits per heavy atom. The molecule has 0 saturated heterocycles. The van der Waals surface area contributed by atoms with Crippen molar-refractivity contribution in [1.29, 1.82) is 0 Å². The molecule has 1 saturated carbocycles. The molecule has 184 valence electrons. The number of aliphatic hydroxyl groups is 1. The fraction of sp³-hybridized carbons (Fsp3) is 0.583. The molecule has 0 bridgehead atoms. The molecular formula is C24H34N6O2S2. The van der Waals surface area contributed by atoms with Crippen LogP contribution in [-0.2, 0) is 10.8 Å². The van der Waals surface area contributed by atoms with Crippen molar-refractivity contribution in [3.05, 3.63) is 23.7 Å². The second kappa shape index (κ2) is 10.2. The molecule has 3 aromatic rings. The van der Waals surface area contributed by atoms with Gasteiger partial charge < -0.3 is 15.7 Å². The second-order valence-corrected chi connectivity index (χ2v) is 13.3. The lowest BCUT2D eigenvalue weighted by molar-refractivity contribution is 0.229. The van der Waals surface area contributed by atoms with E-state index in [1.165, 1.54) is 0 Å². The van der Waals surface area contributed by atoms with Crippen LogP contribution in [0.15, 0.2) is 12.3 Å². The summed E-state index contributed by atoms with van der Waals surface area (Å²) in [6.07, 6.45) is 4.71. The van der Waals surface area contributed by atoms with Crippen LogP contribution in [0.5, 0.6) is 0 Å². The zero-order chi connectivity index (χ0) is 24.5. The maximum atomic E-state index is 12.4. The molecule has 0 aliphatic heterocycles. The number of hydrogen-bond donors (Lipinski definition) is 3. The SMILES string of the molecule is Cc1nc(NCCS(=O)C(C)(C)C)nc(NC2CCC(CO)C2)c1-c1nc2c(C)nccc2s1. The number of aryl methyl sites for hydroxylation is 2. The Hall–Kier alpha value is -2.17. The normalized spacial score (nSPS) is 19.5. The van der Waals surface area contributed by atoms with Gasteiger partial charge in [-0.2, -0.15) is 4.98 Å². The van der Waals surface area contributed by atoms with Crippen molar-refractivity contribution in [2.24, 2.45) is 5.92 Å². The Morgan fingerprint density at radius 1 is 1.18 bits per heavy atom. The summed E-state index contributed by atoms with van der Waals surface area (Å²) in [5, 5.41) is 17.3. The van der Waals surface area contributed by atoms with Gasteiger partial charge in [0.25, 0.3) is 0 Å². The molecule has 0 aromatic carbocycles. The molecule has 3 N–H and O–H groups in total. The fourth-order valence-electron chi connectivity index (χ4n) is 4.23. The summed E-state index contributed by atoms with van der Waals surface area (Å²) in [7, 11) is -0.948. The largest absolute Gasteiger partial charge is 0.396 e. The molecule has 0 radical (unpaired) electrons. The van der Waals surface area contributed by atoms with Gasteiger partial charge in [0.1, 0.15) is 16.3 Å². The molecule has 4 rings (SSSR count). The number of anilines is 2. The van der Waals surface area contributed by atoms with E-state index in [2.05, 4.69) is 15.6 Å². The van der Waals surface area contributed by atoms with Gasteiger partial charge in [0, 0.05) is 46.7 Å². The molecule has 34 heavy (non-hydrogen) atoms. The molecule has 3 unspecified atom stereocenters. The lowest BCUT2D eigenvalue weighted by atomic mass is 10.1. The number of aliphatic hydroxyl groups excluding tert-OH is 1. The van der Waals surface area contributed by atoms with Gasteiger partial charge in [-0.15, -0.1) is 11.3 Å². The first-order chi connectivity index (χ1) is 16.2. The van der Waals surface area contributed by atoms with Crippen LogP contribution in [-0.4, -0.2) is 58.9 Å². The van der Waals surface area contributed by atoms with Crippen molar-refractivity contribution < 1.29 is 9.32 Å². The maximum Gasteiger partial charge on any atom is 0.224 e. The van der Waals surface area contributed by atoms with Gasteiger partial charge >= 0.3 is 0 Å². The van der Waals surface area contributed by atoms with Crippen molar-refractivity contribution >= 4 is 44.1 Å². The molecule has 3 heterocycles. The van der Waals surface area contributed by atoms with Crippen LogP contribution in [0, 0.1) is 19.8 Å². The van der Waals surface area contributed by atoms with Gasteiger partial charge in [0.15, 0.2) is 0 Å². The number of nitrogens with zero attached hydrogens (tertiary/aromatic N) is 4. The summed E-state index contributed by atoms with van der Waals surface area (Å²) in [6.45, 7) is 10.6. The quantitative estimate of drug-likeness (QED) is 0.418. The molecule has 3 aromatic heterocycles. The molecule has 0 amide bonds. The van der Waals surface area contributed by atoms with E-state index < -0.39 is 10.8 Å². The smallest absolute Gasteiger partial charge is 0.224 e. The first-order valence-electron chi connectivity index (χ1n) is 11.8. The van der Waals surface area contributed by atoms with E-state index in [0.29, 0.717) is 24.2 Å². The lowest BCUT2D eigenvalue weighted by Crippen LogP contribution is -2.27. The third-order valence-electron chi connectivity index (χ3n) is 6.19. The average Bonchev–Trinajstić information content (AvgIpc) is 3.40. The number of pyridine rings is 1. The lowest BCUT2D eigenvalue weighted by Gasteiger charge is -2.19. The molecule has 0 spiro atoms. The summed E-state index contributed by atoms with van der Waals surface area (Å²) < 4.78 is 13.3. The topological polar surface area (TPSA) is 113 Å². The highest BCUT2D eigenvalue weighted by Gasteiger charge is 2.27. The van der Waals surface area contributed by atoms with Crippen molar-refractivity contribution in [3.63, 3.8) is 0 Å². The van der Waals surface area contributed by atoms with Gasteiger partial charge in [-0.05, 0) is 65.9 Å². The minimum absolute atomic E-state index is 0.218. The van der Waals surface area contributed by atoms with E-state index in [1.54, 1.807) is 11.3 Å². The number of hydrogen-bond acceptors (Lipinski definition) is 9. The van der Waals surface area contributed by atoms with Gasteiger partial charge in [0.2, 0.25) is 5.95 Å². The molecule has 1 fully saturated rings. The first-order valence-corrected chi connectivity index (χ1v) is 13.9. The fourth-order valence-corrected chi connectivity index (χ4v) is 6.24. The first kappa shape index (κ1) is 24.9. The summed E-state index contributed by atoms with van der Waals surface area (Å²) in [5.41, 5.74) is 3.54. The maximum absolute atomic E-state index is 12.4. The molecular weight excluding hydrogens is 468 g/mol. The van der Waals surface area contributed by atoms with Crippen molar-refractivity contribution in [3.8, 4) is 10.6 Å². The van der Waals surface area contributed by atoms with Crippen LogP contribution >= 0.6 is 11.3 Å². The zero-order valence-electron chi connectivity index (χ0n) is 20.5. The van der Waals surface area contributed by atoms with Crippen LogP contribution in [0.3, 0.4) is 0 Å². The number of fused-ring (bicyclic) bond motifs is 1. The van der Waals surface area contributed by atoms with Gasteiger partial charge in [-0.3, -0.25) is 9.19 Å². The van der Waals surface area contributed by atoms with Crippen molar-refractivity contribution in [2.45, 2.75) is 64.7 Å². The molecule has 3 atom stereocenters. The zero-order valence-corrected chi connectivity index (χ0v) is 22.1. The highest BCUT2D eigenvalue weighted by atomic mass is 32.2. The predicted octanol–water partition coefficient (Wildman–Crippen LogP) is 4.30.